The highest BCUT2D eigenvalue weighted by Crippen LogP contribution is 2.87. The van der Waals surface area contributed by atoms with Crippen LogP contribution in [0.2, 0.25) is 0 Å². The van der Waals surface area contributed by atoms with Crippen LogP contribution in [-0.4, -0.2) is 57.2 Å². The number of halogens is 6. The van der Waals surface area contributed by atoms with Crippen molar-refractivity contribution in [2.45, 2.75) is 60.1 Å². The molecule has 4 fully saturated rings. The van der Waals surface area contributed by atoms with Gasteiger partial charge in [0.05, 0.1) is 33.6 Å². The first-order valence-corrected chi connectivity index (χ1v) is 22.1. The molecule has 6 aromatic rings. The Labute approximate surface area is 376 Å². The van der Waals surface area contributed by atoms with Crippen molar-refractivity contribution in [3.05, 3.63) is 166 Å². The number of aromatic nitrogens is 2. The molecule has 15 heteroatoms. The molecule has 4 aliphatic carbocycles. The molecule has 67 heavy (non-hydrogen) atoms. The number of imide groups is 2. The van der Waals surface area contributed by atoms with Crippen molar-refractivity contribution in [3.63, 3.8) is 0 Å². The number of pyridine rings is 2. The lowest BCUT2D eigenvalue weighted by atomic mass is 9.49. The van der Waals surface area contributed by atoms with E-state index in [1.54, 1.807) is 85.5 Å². The standard InChI is InChI=1S/C52H32F6N4O5/c53-51(54,55)49-41-33-19-34(30-16-38-37(15-29(30)33)45(63)61(46(38)64)27-9-5-23(6-10-27)25-3-1-13-59-21-25)42(41)50(67-49,52(56,57)58)44-36-20-35(43(44)49)31-17-39-40(18-32(31)36)48(66)62(47(39)65)28-11-7-24(8-12-28)26-4-2-14-60-22-26/h1-18,21-22,33-36,41-44H,19-20H2/t33-,34+,35+,36-,41?,42?,43?,44?,49?,50?. The van der Waals surface area contributed by atoms with Gasteiger partial charge < -0.3 is 4.74 Å². The van der Waals surface area contributed by atoms with E-state index in [4.69, 9.17) is 4.74 Å². The van der Waals surface area contributed by atoms with Gasteiger partial charge in [-0.15, -0.1) is 0 Å². The topological polar surface area (TPSA) is 110 Å². The molecule has 0 N–H and O–H groups in total. The fourth-order valence-corrected chi connectivity index (χ4v) is 14.6. The van der Waals surface area contributed by atoms with Crippen LogP contribution in [0.25, 0.3) is 22.3 Å². The molecule has 10 atom stereocenters. The van der Waals surface area contributed by atoms with Crippen molar-refractivity contribution in [3.8, 4) is 22.3 Å². The van der Waals surface area contributed by atoms with Gasteiger partial charge in [0.2, 0.25) is 0 Å². The molecule has 14 rings (SSSR count). The highest BCUT2D eigenvalue weighted by Gasteiger charge is 2.94. The fraction of sp³-hybridized carbons (Fsp3) is 0.269. The van der Waals surface area contributed by atoms with E-state index in [2.05, 4.69) is 9.97 Å². The summed E-state index contributed by atoms with van der Waals surface area (Å²) in [6, 6.07) is 26.3. The van der Waals surface area contributed by atoms with Crippen molar-refractivity contribution < 1.29 is 50.3 Å². The van der Waals surface area contributed by atoms with Crippen molar-refractivity contribution in [2.24, 2.45) is 23.7 Å². The number of amides is 4. The number of hydrogen-bond acceptors (Lipinski definition) is 7. The summed E-state index contributed by atoms with van der Waals surface area (Å²) in [5, 5.41) is 0. The third kappa shape index (κ3) is 4.56. The zero-order chi connectivity index (χ0) is 45.8. The maximum atomic E-state index is 16.4. The maximum absolute atomic E-state index is 16.4. The molecule has 8 aliphatic rings. The van der Waals surface area contributed by atoms with Gasteiger partial charge in [0.25, 0.3) is 23.6 Å². The summed E-state index contributed by atoms with van der Waals surface area (Å²) in [4.78, 5) is 66.5. The third-order valence-electron chi connectivity index (χ3n) is 16.7. The Hall–Kier alpha value is -7.00. The SMILES string of the molecule is O=C1c2cc3c(cc2C(=O)N1c1ccc(-c2cccnc2)cc1)[C@@H]1C[C@H]3C2C1C1(C(F)(F)F)OC2(C(F)(F)F)C2C1[C@@H]1C[C@H]2c2cc3c(cc21)C(=O)N(c1ccc(-c2cccnc2)cc1)C3=O. The highest BCUT2D eigenvalue weighted by molar-refractivity contribution is 6.35. The first-order chi connectivity index (χ1) is 32.1. The lowest BCUT2D eigenvalue weighted by Gasteiger charge is -2.52. The van der Waals surface area contributed by atoms with E-state index < -0.39 is 94.5 Å². The molecule has 2 aromatic heterocycles. The number of alkyl halides is 6. The number of anilines is 2. The quantitative estimate of drug-likeness (QED) is 0.128. The Morgan fingerprint density at radius 1 is 0.463 bits per heavy atom. The summed E-state index contributed by atoms with van der Waals surface area (Å²) in [6.45, 7) is 0. The van der Waals surface area contributed by atoms with Gasteiger partial charge in [-0.2, -0.15) is 26.3 Å². The number of nitrogens with zero attached hydrogens (tertiary/aromatic N) is 4. The van der Waals surface area contributed by atoms with Crippen molar-refractivity contribution >= 4 is 35.0 Å². The van der Waals surface area contributed by atoms with Crippen LogP contribution < -0.4 is 9.80 Å². The Balaban J connectivity index is 0.841. The summed E-state index contributed by atoms with van der Waals surface area (Å²) < 4.78 is 104. The van der Waals surface area contributed by atoms with Crippen LogP contribution in [0, 0.1) is 23.7 Å². The minimum absolute atomic E-state index is 0.0156. The molecule has 4 amide bonds. The van der Waals surface area contributed by atoms with Gasteiger partial charge in [-0.1, -0.05) is 36.4 Å². The summed E-state index contributed by atoms with van der Waals surface area (Å²) in [5.74, 6) is -13.5. The maximum Gasteiger partial charge on any atom is 0.418 e. The van der Waals surface area contributed by atoms with Gasteiger partial charge >= 0.3 is 12.4 Å². The van der Waals surface area contributed by atoms with Crippen LogP contribution in [0.5, 0.6) is 0 Å². The Bertz CT molecular complexity index is 2920. The van der Waals surface area contributed by atoms with E-state index in [-0.39, 0.29) is 46.5 Å². The van der Waals surface area contributed by atoms with Crippen LogP contribution in [0.15, 0.2) is 122 Å². The van der Waals surface area contributed by atoms with Gasteiger partial charge in [-0.05, 0) is 142 Å². The second kappa shape index (κ2) is 12.5. The smallest absolute Gasteiger partial charge is 0.348 e. The molecule has 4 aliphatic heterocycles. The van der Waals surface area contributed by atoms with Gasteiger partial charge in [-0.25, -0.2) is 9.80 Å². The summed E-state index contributed by atoms with van der Waals surface area (Å²) in [5.41, 5.74) is -1.43. The molecule has 2 saturated carbocycles. The number of benzene rings is 4. The number of ether oxygens (including phenoxy) is 1. The molecule has 2 saturated heterocycles. The predicted molar refractivity (Wildman–Crippen MR) is 227 cm³/mol. The lowest BCUT2D eigenvalue weighted by Crippen LogP contribution is -2.62. The van der Waals surface area contributed by atoms with Crippen molar-refractivity contribution in [1.82, 2.24) is 9.97 Å². The normalized spacial score (nSPS) is 31.1. The molecule has 332 valence electrons. The van der Waals surface area contributed by atoms with E-state index in [0.717, 1.165) is 32.1 Å². The average molecular weight is 907 g/mol. The average Bonchev–Trinajstić information content (AvgIpc) is 4.21. The van der Waals surface area contributed by atoms with Gasteiger partial charge in [0, 0.05) is 48.5 Å². The fourth-order valence-electron chi connectivity index (χ4n) is 14.6. The van der Waals surface area contributed by atoms with Crippen LogP contribution in [0.4, 0.5) is 37.7 Å². The molecule has 0 radical (unpaired) electrons. The Kier molecular flexibility index (Phi) is 7.31. The first-order valence-electron chi connectivity index (χ1n) is 22.1. The number of hydrogen-bond donors (Lipinski definition) is 0. The number of carbonyl (C=O) groups excluding carboxylic acids is 4. The van der Waals surface area contributed by atoms with Gasteiger partial charge in [0.1, 0.15) is 0 Å². The van der Waals surface area contributed by atoms with Crippen molar-refractivity contribution in [1.29, 1.82) is 0 Å². The van der Waals surface area contributed by atoms with E-state index in [1.807, 2.05) is 12.1 Å². The predicted octanol–water partition coefficient (Wildman–Crippen LogP) is 10.4. The van der Waals surface area contributed by atoms with E-state index in [1.165, 1.54) is 24.3 Å². The summed E-state index contributed by atoms with van der Waals surface area (Å²) in [7, 11) is 0. The number of carbonyl (C=O) groups is 4. The largest absolute Gasteiger partial charge is 0.418 e. The second-order valence-corrected chi connectivity index (χ2v) is 19.2. The highest BCUT2D eigenvalue weighted by atomic mass is 19.4. The first kappa shape index (κ1) is 39.2. The van der Waals surface area contributed by atoms with Crippen LogP contribution >= 0.6 is 0 Å². The van der Waals surface area contributed by atoms with E-state index in [0.29, 0.717) is 22.3 Å². The molecule has 0 spiro atoms. The molecule has 9 nitrogen and oxygen atoms in total. The molecule has 6 unspecified atom stereocenters. The van der Waals surface area contributed by atoms with Crippen LogP contribution in [-0.2, 0) is 4.74 Å². The molecule has 6 heterocycles. The zero-order valence-corrected chi connectivity index (χ0v) is 34.7. The van der Waals surface area contributed by atoms with E-state index in [9.17, 15) is 19.2 Å². The van der Waals surface area contributed by atoms with Gasteiger partial charge in [-0.3, -0.25) is 29.1 Å². The summed E-state index contributed by atoms with van der Waals surface area (Å²) in [6.07, 6.45) is -3.96. The van der Waals surface area contributed by atoms with E-state index >= 15 is 26.3 Å². The van der Waals surface area contributed by atoms with Crippen LogP contribution in [0.3, 0.4) is 0 Å². The molecular formula is C52H32F6N4O5. The molecule has 4 aromatic carbocycles. The van der Waals surface area contributed by atoms with Gasteiger partial charge in [0.15, 0.2) is 11.2 Å². The number of rotatable bonds is 4. The number of fused-ring (bicyclic) bond motifs is 24. The molecule has 6 bridgehead atoms. The monoisotopic (exact) mass is 906 g/mol. The minimum atomic E-state index is -5.25. The second-order valence-electron chi connectivity index (χ2n) is 19.2. The Morgan fingerprint density at radius 2 is 0.776 bits per heavy atom. The zero-order valence-electron chi connectivity index (χ0n) is 34.7. The Morgan fingerprint density at radius 3 is 1.04 bits per heavy atom. The summed E-state index contributed by atoms with van der Waals surface area (Å²) >= 11 is 0. The minimum Gasteiger partial charge on any atom is -0.348 e. The molecular weight excluding hydrogens is 875 g/mol. The lowest BCUT2D eigenvalue weighted by molar-refractivity contribution is -0.327. The van der Waals surface area contributed by atoms with Crippen molar-refractivity contribution in [2.75, 3.05) is 9.80 Å². The third-order valence-corrected chi connectivity index (χ3v) is 16.7. The van der Waals surface area contributed by atoms with Crippen LogP contribution in [0.1, 0.15) is 100 Å².